The molecule has 2 nitrogen and oxygen atoms in total. The Bertz CT molecular complexity index is 368. The summed E-state index contributed by atoms with van der Waals surface area (Å²) >= 11 is 0. The van der Waals surface area contributed by atoms with Gasteiger partial charge in [-0.25, -0.2) is 0 Å². The lowest BCUT2D eigenvalue weighted by molar-refractivity contribution is 1.06. The molecule has 0 radical (unpaired) electrons. The molecule has 68 valence electrons. The second-order valence-electron chi connectivity index (χ2n) is 3.53. The van der Waals surface area contributed by atoms with Crippen molar-refractivity contribution in [2.75, 3.05) is 23.9 Å². The summed E-state index contributed by atoms with van der Waals surface area (Å²) in [5.74, 6) is 1.03. The van der Waals surface area contributed by atoms with Gasteiger partial charge in [-0.15, -0.1) is 0 Å². The molecule has 0 atom stereocenters. The summed E-state index contributed by atoms with van der Waals surface area (Å²) in [5.41, 5.74) is 3.76. The van der Waals surface area contributed by atoms with E-state index in [9.17, 15) is 0 Å². The monoisotopic (exact) mass is 174 g/mol. The van der Waals surface area contributed by atoms with E-state index in [-0.39, 0.29) is 0 Å². The van der Waals surface area contributed by atoms with Crippen molar-refractivity contribution in [2.24, 2.45) is 0 Å². The maximum atomic E-state index is 4.01. The second-order valence-corrected chi connectivity index (χ2v) is 3.53. The Morgan fingerprint density at radius 2 is 1.69 bits per heavy atom. The minimum atomic E-state index is 1.03. The van der Waals surface area contributed by atoms with E-state index in [1.54, 1.807) is 0 Å². The molecule has 1 aliphatic heterocycles. The minimum absolute atomic E-state index is 1.03. The highest BCUT2D eigenvalue weighted by molar-refractivity contribution is 5.81. The third kappa shape index (κ3) is 1.02. The Kier molecular flexibility index (Phi) is 1.59. The molecule has 0 bridgehead atoms. The van der Waals surface area contributed by atoms with Gasteiger partial charge in [0.25, 0.3) is 0 Å². The maximum absolute atomic E-state index is 4.01. The zero-order valence-electron chi connectivity index (χ0n) is 8.33. The molecule has 1 heterocycles. The number of hydrogen-bond donors (Lipinski definition) is 0. The van der Waals surface area contributed by atoms with E-state index < -0.39 is 0 Å². The fourth-order valence-electron chi connectivity index (χ4n) is 1.69. The lowest BCUT2D eigenvalue weighted by Crippen LogP contribution is -2.20. The Hall–Kier alpha value is -1.44. The van der Waals surface area contributed by atoms with Crippen molar-refractivity contribution in [2.45, 2.75) is 6.92 Å². The van der Waals surface area contributed by atoms with E-state index >= 15 is 0 Å². The van der Waals surface area contributed by atoms with Crippen molar-refractivity contribution >= 4 is 11.4 Å². The van der Waals surface area contributed by atoms with E-state index in [1.165, 1.54) is 16.9 Å². The standard InChI is InChI=1S/C11H14N2/c1-8-5-6-10-11(7-8)13(4)9(2)12(10)3/h5-7H,2H2,1,3-4H3. The predicted octanol–water partition coefficient (Wildman–Crippen LogP) is 2.35. The van der Waals surface area contributed by atoms with Crippen LogP contribution < -0.4 is 9.80 Å². The van der Waals surface area contributed by atoms with Crippen LogP contribution in [0.5, 0.6) is 0 Å². The van der Waals surface area contributed by atoms with E-state index in [0.717, 1.165) is 5.82 Å². The van der Waals surface area contributed by atoms with Crippen LogP contribution in [0, 0.1) is 6.92 Å². The van der Waals surface area contributed by atoms with Crippen LogP contribution in [0.2, 0.25) is 0 Å². The zero-order chi connectivity index (χ0) is 9.59. The molecule has 0 spiro atoms. The van der Waals surface area contributed by atoms with Crippen LogP contribution in [0.4, 0.5) is 11.4 Å². The molecule has 0 aromatic heterocycles. The number of nitrogens with zero attached hydrogens (tertiary/aromatic N) is 2. The van der Waals surface area contributed by atoms with E-state index in [0.29, 0.717) is 0 Å². The first-order valence-electron chi connectivity index (χ1n) is 4.38. The SMILES string of the molecule is C=C1N(C)c2ccc(C)cc2N1C. The molecule has 0 aliphatic carbocycles. The summed E-state index contributed by atoms with van der Waals surface area (Å²) < 4.78 is 0. The molecule has 0 saturated carbocycles. The highest BCUT2D eigenvalue weighted by Crippen LogP contribution is 2.38. The molecule has 2 rings (SSSR count). The Morgan fingerprint density at radius 1 is 1.08 bits per heavy atom. The van der Waals surface area contributed by atoms with Crippen molar-refractivity contribution in [3.8, 4) is 0 Å². The van der Waals surface area contributed by atoms with Crippen molar-refractivity contribution in [3.63, 3.8) is 0 Å². The van der Waals surface area contributed by atoms with Crippen molar-refractivity contribution in [1.82, 2.24) is 0 Å². The van der Waals surface area contributed by atoms with Gasteiger partial charge in [-0.3, -0.25) is 0 Å². The quantitative estimate of drug-likeness (QED) is 0.595. The third-order valence-electron chi connectivity index (χ3n) is 2.63. The summed E-state index contributed by atoms with van der Waals surface area (Å²) in [6.07, 6.45) is 0. The number of rotatable bonds is 0. The summed E-state index contributed by atoms with van der Waals surface area (Å²) in [7, 11) is 4.09. The van der Waals surface area contributed by atoms with E-state index in [4.69, 9.17) is 0 Å². The van der Waals surface area contributed by atoms with E-state index in [2.05, 4.69) is 41.5 Å². The number of hydrogen-bond acceptors (Lipinski definition) is 2. The van der Waals surface area contributed by atoms with Gasteiger partial charge in [-0.05, 0) is 24.6 Å². The molecule has 0 amide bonds. The largest absolute Gasteiger partial charge is 0.330 e. The normalized spacial score (nSPS) is 15.2. The topological polar surface area (TPSA) is 6.48 Å². The lowest BCUT2D eigenvalue weighted by Gasteiger charge is -2.15. The van der Waals surface area contributed by atoms with Crippen LogP contribution in [0.1, 0.15) is 5.56 Å². The molecule has 2 heteroatoms. The zero-order valence-corrected chi connectivity index (χ0v) is 8.33. The lowest BCUT2D eigenvalue weighted by atomic mass is 10.2. The molecule has 0 unspecified atom stereocenters. The Labute approximate surface area is 79.1 Å². The number of aryl methyl sites for hydroxylation is 1. The summed E-state index contributed by atoms with van der Waals surface area (Å²) in [6.45, 7) is 6.12. The van der Waals surface area contributed by atoms with Gasteiger partial charge < -0.3 is 9.80 Å². The molecule has 1 aromatic rings. The summed E-state index contributed by atoms with van der Waals surface area (Å²) in [5, 5.41) is 0. The van der Waals surface area contributed by atoms with Gasteiger partial charge in [0.05, 0.1) is 11.4 Å². The van der Waals surface area contributed by atoms with Gasteiger partial charge in [-0.1, -0.05) is 12.6 Å². The second kappa shape index (κ2) is 2.52. The molecule has 1 aromatic carbocycles. The molecule has 13 heavy (non-hydrogen) atoms. The van der Waals surface area contributed by atoms with Crippen LogP contribution in [-0.4, -0.2) is 14.1 Å². The molecular formula is C11H14N2. The van der Waals surface area contributed by atoms with Gasteiger partial charge in [0, 0.05) is 14.1 Å². The molecule has 0 fully saturated rings. The van der Waals surface area contributed by atoms with Crippen LogP contribution in [0.3, 0.4) is 0 Å². The van der Waals surface area contributed by atoms with Gasteiger partial charge in [-0.2, -0.15) is 0 Å². The van der Waals surface area contributed by atoms with Gasteiger partial charge in [0.1, 0.15) is 5.82 Å². The first-order valence-corrected chi connectivity index (χ1v) is 4.38. The van der Waals surface area contributed by atoms with Crippen molar-refractivity contribution < 1.29 is 0 Å². The summed E-state index contributed by atoms with van der Waals surface area (Å²) in [6, 6.07) is 6.45. The first kappa shape index (κ1) is 8.17. The average molecular weight is 174 g/mol. The molecule has 0 saturated heterocycles. The third-order valence-corrected chi connectivity index (χ3v) is 2.63. The highest BCUT2D eigenvalue weighted by atomic mass is 15.4. The van der Waals surface area contributed by atoms with Crippen LogP contribution in [0.15, 0.2) is 30.6 Å². The Morgan fingerprint density at radius 3 is 2.38 bits per heavy atom. The van der Waals surface area contributed by atoms with Gasteiger partial charge >= 0.3 is 0 Å². The molecule has 0 N–H and O–H groups in total. The average Bonchev–Trinajstić information content (AvgIpc) is 2.32. The number of fused-ring (bicyclic) bond motifs is 1. The van der Waals surface area contributed by atoms with Crippen molar-refractivity contribution in [3.05, 3.63) is 36.2 Å². The van der Waals surface area contributed by atoms with Crippen LogP contribution in [-0.2, 0) is 0 Å². The van der Waals surface area contributed by atoms with Gasteiger partial charge in [0.15, 0.2) is 0 Å². The fraction of sp³-hybridized carbons (Fsp3) is 0.273. The first-order chi connectivity index (χ1) is 6.11. The minimum Gasteiger partial charge on any atom is -0.330 e. The number of benzene rings is 1. The fourth-order valence-corrected chi connectivity index (χ4v) is 1.69. The number of anilines is 2. The van der Waals surface area contributed by atoms with E-state index in [1.807, 2.05) is 14.1 Å². The summed E-state index contributed by atoms with van der Waals surface area (Å²) in [4.78, 5) is 4.22. The smallest absolute Gasteiger partial charge is 0.105 e. The van der Waals surface area contributed by atoms with Gasteiger partial charge in [0.2, 0.25) is 0 Å². The predicted molar refractivity (Wildman–Crippen MR) is 57.1 cm³/mol. The maximum Gasteiger partial charge on any atom is 0.105 e. The van der Waals surface area contributed by atoms with Crippen molar-refractivity contribution in [1.29, 1.82) is 0 Å². The molecular weight excluding hydrogens is 160 g/mol. The van der Waals surface area contributed by atoms with Crippen LogP contribution >= 0.6 is 0 Å². The van der Waals surface area contributed by atoms with Crippen LogP contribution in [0.25, 0.3) is 0 Å². The Balaban J connectivity index is 2.60. The molecule has 1 aliphatic rings. The highest BCUT2D eigenvalue weighted by Gasteiger charge is 2.23.